The monoisotopic (exact) mass is 560 g/mol. The van der Waals surface area contributed by atoms with Crippen LogP contribution in [0.3, 0.4) is 0 Å². The Morgan fingerprint density at radius 1 is 1.29 bits per heavy atom. The van der Waals surface area contributed by atoms with Crippen molar-refractivity contribution in [2.45, 2.75) is 39.8 Å². The van der Waals surface area contributed by atoms with Crippen LogP contribution in [0, 0.1) is 6.92 Å². The molecule has 3 aromatic rings. The molecule has 0 aliphatic carbocycles. The topological polar surface area (TPSA) is 121 Å². The minimum atomic E-state index is -3.01. The molecule has 0 amide bonds. The number of rotatable bonds is 9. The highest BCUT2D eigenvalue weighted by Gasteiger charge is 2.23. The number of anilines is 3. The van der Waals surface area contributed by atoms with E-state index in [1.54, 1.807) is 12.3 Å². The minimum Gasteiger partial charge on any atom is -0.383 e. The van der Waals surface area contributed by atoms with Crippen molar-refractivity contribution in [2.24, 2.45) is 5.14 Å². The van der Waals surface area contributed by atoms with Gasteiger partial charge in [0, 0.05) is 54.9 Å². The van der Waals surface area contributed by atoms with E-state index in [-0.39, 0.29) is 17.6 Å². The van der Waals surface area contributed by atoms with Crippen molar-refractivity contribution >= 4 is 44.6 Å². The summed E-state index contributed by atoms with van der Waals surface area (Å²) in [6.45, 7) is 8.65. The molecule has 1 aromatic carbocycles. The van der Waals surface area contributed by atoms with Crippen molar-refractivity contribution in [2.75, 3.05) is 41.2 Å². The van der Waals surface area contributed by atoms with Gasteiger partial charge in [0.1, 0.15) is 28.2 Å². The van der Waals surface area contributed by atoms with E-state index in [4.69, 9.17) is 21.7 Å². The Morgan fingerprint density at radius 2 is 2.08 bits per heavy atom. The maximum Gasteiger partial charge on any atom is 0.153 e. The molecule has 1 aliphatic heterocycles. The number of hydrogen-bond acceptors (Lipinski definition) is 7. The van der Waals surface area contributed by atoms with Gasteiger partial charge in [-0.15, -0.1) is 0 Å². The Morgan fingerprint density at radius 3 is 2.79 bits per heavy atom. The first-order chi connectivity index (χ1) is 18.1. The van der Waals surface area contributed by atoms with E-state index in [2.05, 4.69) is 56.0 Å². The lowest BCUT2D eigenvalue weighted by molar-refractivity contribution is 0.463. The Balaban J connectivity index is 1.70. The van der Waals surface area contributed by atoms with Crippen LogP contribution in [0.4, 0.5) is 21.6 Å². The summed E-state index contributed by atoms with van der Waals surface area (Å²) in [4.78, 5) is 16.1. The number of benzene rings is 1. The zero-order valence-electron chi connectivity index (χ0n) is 21.9. The van der Waals surface area contributed by atoms with Crippen LogP contribution in [-0.2, 0) is 23.0 Å². The third-order valence-electron chi connectivity index (χ3n) is 6.21. The number of nitrogens with zero attached hydrogens (tertiary/aromatic N) is 4. The number of pyridine rings is 1. The molecule has 5 N–H and O–H groups in total. The lowest BCUT2D eigenvalue weighted by Crippen LogP contribution is -2.29. The van der Waals surface area contributed by atoms with Crippen LogP contribution in [-0.4, -0.2) is 51.3 Å². The van der Waals surface area contributed by atoms with E-state index >= 15 is 0 Å². The molecule has 0 saturated carbocycles. The standard InChI is InChI=1S/C26H34ClFN8OS/c1-16(2)24-17(3)33-23(14-30-8-7-28)34-26(24)36-10-9-31-21-6-5-18(11-20(21)15-36)19-12-22(25(27)32-13-19)35-38(4,29)37/h5-6,11-13,16,30-31H,4,7-10,14-15H2,1-3H3,(H3,29,35,37). The van der Waals surface area contributed by atoms with Gasteiger partial charge >= 0.3 is 0 Å². The lowest BCUT2D eigenvalue weighted by atomic mass is 10.0. The van der Waals surface area contributed by atoms with Gasteiger partial charge in [-0.1, -0.05) is 31.5 Å². The van der Waals surface area contributed by atoms with Crippen molar-refractivity contribution in [3.8, 4) is 11.1 Å². The molecule has 12 heteroatoms. The predicted molar refractivity (Wildman–Crippen MR) is 156 cm³/mol. The highest BCUT2D eigenvalue weighted by atomic mass is 35.5. The van der Waals surface area contributed by atoms with Gasteiger partial charge in [0.15, 0.2) is 5.15 Å². The predicted octanol–water partition coefficient (Wildman–Crippen LogP) is 4.03. The molecule has 3 heterocycles. The normalized spacial score (nSPS) is 15.0. The van der Waals surface area contributed by atoms with Crippen LogP contribution in [0.1, 0.15) is 42.4 Å². The van der Waals surface area contributed by atoms with Crippen LogP contribution in [0.5, 0.6) is 0 Å². The first-order valence-electron chi connectivity index (χ1n) is 12.4. The van der Waals surface area contributed by atoms with Crippen LogP contribution in [0.2, 0.25) is 5.15 Å². The van der Waals surface area contributed by atoms with E-state index in [1.165, 1.54) is 0 Å². The van der Waals surface area contributed by atoms with Crippen molar-refractivity contribution < 1.29 is 8.60 Å². The molecule has 0 radical (unpaired) electrons. The summed E-state index contributed by atoms with van der Waals surface area (Å²) >= 11 is 6.19. The van der Waals surface area contributed by atoms with Crippen molar-refractivity contribution in [1.29, 1.82) is 0 Å². The summed E-state index contributed by atoms with van der Waals surface area (Å²) in [5.74, 6) is 5.21. The SMILES string of the molecule is C=S(N)(=O)Nc1cc(-c2ccc3c(c2)CN(c2nc(CNCCF)nc(C)c2C(C)C)CCN3)cnc1Cl. The fraction of sp³-hybridized carbons (Fsp3) is 0.385. The minimum absolute atomic E-state index is 0.162. The third kappa shape index (κ3) is 6.71. The number of nitrogens with two attached hydrogens (primary N) is 1. The first kappa shape index (κ1) is 28.0. The summed E-state index contributed by atoms with van der Waals surface area (Å²) < 4.78 is 27.2. The van der Waals surface area contributed by atoms with Gasteiger partial charge in [-0.05, 0) is 48.0 Å². The van der Waals surface area contributed by atoms with E-state index in [1.807, 2.05) is 19.1 Å². The number of nitrogens with one attached hydrogen (secondary N) is 3. The Bertz CT molecular complexity index is 1420. The van der Waals surface area contributed by atoms with Gasteiger partial charge in [-0.25, -0.2) is 28.7 Å². The maximum atomic E-state index is 12.6. The van der Waals surface area contributed by atoms with Crippen molar-refractivity contribution in [3.05, 3.63) is 58.3 Å². The Kier molecular flexibility index (Phi) is 8.71. The molecular weight excluding hydrogens is 527 g/mol. The zero-order chi connectivity index (χ0) is 27.4. The average molecular weight is 561 g/mol. The van der Waals surface area contributed by atoms with Gasteiger partial charge in [-0.3, -0.25) is 4.72 Å². The third-order valence-corrected chi connectivity index (χ3v) is 7.08. The smallest absolute Gasteiger partial charge is 0.153 e. The molecule has 2 aromatic heterocycles. The highest BCUT2D eigenvalue weighted by molar-refractivity contribution is 7.99. The molecule has 4 rings (SSSR count). The molecule has 1 aliphatic rings. The fourth-order valence-corrected chi connectivity index (χ4v) is 5.35. The maximum absolute atomic E-state index is 12.6. The number of hydrogen-bond donors (Lipinski definition) is 4. The second-order valence-electron chi connectivity index (χ2n) is 9.59. The molecule has 0 saturated heterocycles. The van der Waals surface area contributed by atoms with Crippen LogP contribution < -0.4 is 25.4 Å². The van der Waals surface area contributed by atoms with Gasteiger partial charge in [-0.2, -0.15) is 0 Å². The average Bonchev–Trinajstić information content (AvgIpc) is 3.06. The van der Waals surface area contributed by atoms with Gasteiger partial charge in [0.05, 0.1) is 12.2 Å². The van der Waals surface area contributed by atoms with E-state index in [0.29, 0.717) is 24.6 Å². The number of fused-ring (bicyclic) bond motifs is 1. The molecular formula is C26H34ClFN8OS. The number of aromatic nitrogens is 3. The van der Waals surface area contributed by atoms with E-state index in [9.17, 15) is 8.60 Å². The van der Waals surface area contributed by atoms with Gasteiger partial charge in [0.2, 0.25) is 0 Å². The summed E-state index contributed by atoms with van der Waals surface area (Å²) in [6, 6.07) is 7.91. The molecule has 1 unspecified atom stereocenters. The molecule has 9 nitrogen and oxygen atoms in total. The quantitative estimate of drug-likeness (QED) is 0.177. The summed E-state index contributed by atoms with van der Waals surface area (Å²) in [5, 5.41) is 12.3. The lowest BCUT2D eigenvalue weighted by Gasteiger charge is -2.27. The molecule has 0 bridgehead atoms. The zero-order valence-corrected chi connectivity index (χ0v) is 23.4. The molecule has 204 valence electrons. The van der Waals surface area contributed by atoms with E-state index < -0.39 is 16.6 Å². The first-order valence-corrected chi connectivity index (χ1v) is 14.6. The van der Waals surface area contributed by atoms with Crippen LogP contribution in [0.25, 0.3) is 11.1 Å². The number of alkyl halides is 1. The second kappa shape index (κ2) is 11.8. The van der Waals surface area contributed by atoms with Crippen molar-refractivity contribution in [1.82, 2.24) is 20.3 Å². The summed E-state index contributed by atoms with van der Waals surface area (Å²) in [5.41, 5.74) is 6.24. The Hall–Kier alpha value is -2.99. The van der Waals surface area contributed by atoms with Crippen LogP contribution in [0.15, 0.2) is 30.5 Å². The van der Waals surface area contributed by atoms with Gasteiger partial charge in [0.25, 0.3) is 0 Å². The molecule has 0 spiro atoms. The molecule has 1 atom stereocenters. The fourth-order valence-electron chi connectivity index (χ4n) is 4.62. The highest BCUT2D eigenvalue weighted by Crippen LogP contribution is 2.34. The number of halogens is 2. The molecule has 0 fully saturated rings. The molecule has 38 heavy (non-hydrogen) atoms. The van der Waals surface area contributed by atoms with Gasteiger partial charge < -0.3 is 15.5 Å². The van der Waals surface area contributed by atoms with E-state index in [0.717, 1.165) is 52.5 Å². The van der Waals surface area contributed by atoms with Crippen molar-refractivity contribution in [3.63, 3.8) is 0 Å². The number of aryl methyl sites for hydroxylation is 1. The summed E-state index contributed by atoms with van der Waals surface area (Å²) in [6.07, 6.45) is 1.67. The largest absolute Gasteiger partial charge is 0.383 e. The second-order valence-corrected chi connectivity index (χ2v) is 11.6. The van der Waals surface area contributed by atoms with Crippen LogP contribution >= 0.6 is 11.6 Å². The summed E-state index contributed by atoms with van der Waals surface area (Å²) in [7, 11) is -3.01. The Labute approximate surface area is 228 Å².